The van der Waals surface area contributed by atoms with Crippen molar-refractivity contribution in [3.63, 3.8) is 0 Å². The third kappa shape index (κ3) is 2.88. The fourth-order valence-corrected chi connectivity index (χ4v) is 1.60. The molecule has 0 saturated heterocycles. The van der Waals surface area contributed by atoms with Gasteiger partial charge in [0, 0.05) is 11.8 Å². The first-order chi connectivity index (χ1) is 9.11. The predicted molar refractivity (Wildman–Crippen MR) is 70.5 cm³/mol. The molecule has 0 fully saturated rings. The van der Waals surface area contributed by atoms with Gasteiger partial charge in [0.2, 0.25) is 5.43 Å². The Labute approximate surface area is 110 Å². The second-order valence-electron chi connectivity index (χ2n) is 4.03. The molecule has 0 aliphatic carbocycles. The maximum absolute atomic E-state index is 11.5. The van der Waals surface area contributed by atoms with E-state index >= 15 is 0 Å². The van der Waals surface area contributed by atoms with Crippen LogP contribution in [0.1, 0.15) is 22.8 Å². The lowest BCUT2D eigenvalue weighted by atomic mass is 10.2. The molecule has 0 N–H and O–H groups in total. The van der Waals surface area contributed by atoms with Gasteiger partial charge in [-0.05, 0) is 38.1 Å². The van der Waals surface area contributed by atoms with E-state index in [0.29, 0.717) is 17.7 Å². The van der Waals surface area contributed by atoms with E-state index in [0.717, 1.165) is 5.69 Å². The highest BCUT2D eigenvalue weighted by atomic mass is 16.5. The SMILES string of the molecule is CCOC(=O)c1ccc(-n2cc(C)c(=O)cn2)cc1. The number of aryl methyl sites for hydroxylation is 1. The first-order valence-corrected chi connectivity index (χ1v) is 5.95. The normalized spacial score (nSPS) is 10.2. The van der Waals surface area contributed by atoms with Crippen LogP contribution in [0.4, 0.5) is 0 Å². The number of benzene rings is 1. The van der Waals surface area contributed by atoms with Crippen molar-refractivity contribution in [2.45, 2.75) is 13.8 Å². The van der Waals surface area contributed by atoms with E-state index < -0.39 is 0 Å². The van der Waals surface area contributed by atoms with Crippen molar-refractivity contribution in [3.05, 3.63) is 58.0 Å². The van der Waals surface area contributed by atoms with Crippen LogP contribution in [0.3, 0.4) is 0 Å². The molecular formula is C14H14N2O3. The molecule has 0 aliphatic rings. The number of carbonyl (C=O) groups excluding carboxylic acids is 1. The number of carbonyl (C=O) groups is 1. The summed E-state index contributed by atoms with van der Waals surface area (Å²) in [7, 11) is 0. The first-order valence-electron chi connectivity index (χ1n) is 5.95. The minimum Gasteiger partial charge on any atom is -0.462 e. The molecule has 5 heteroatoms. The van der Waals surface area contributed by atoms with Crippen molar-refractivity contribution < 1.29 is 9.53 Å². The monoisotopic (exact) mass is 258 g/mol. The fourth-order valence-electron chi connectivity index (χ4n) is 1.60. The number of aromatic nitrogens is 2. The number of ether oxygens (including phenoxy) is 1. The number of nitrogens with zero attached hydrogens (tertiary/aromatic N) is 2. The highest BCUT2D eigenvalue weighted by molar-refractivity contribution is 5.89. The van der Waals surface area contributed by atoms with Crippen LogP contribution in [0.15, 0.2) is 41.5 Å². The molecular weight excluding hydrogens is 244 g/mol. The third-order valence-corrected chi connectivity index (χ3v) is 2.65. The number of hydrogen-bond donors (Lipinski definition) is 0. The zero-order chi connectivity index (χ0) is 13.8. The number of rotatable bonds is 3. The molecule has 0 aliphatic heterocycles. The topological polar surface area (TPSA) is 61.2 Å². The highest BCUT2D eigenvalue weighted by Crippen LogP contribution is 2.09. The zero-order valence-electron chi connectivity index (χ0n) is 10.8. The number of hydrogen-bond acceptors (Lipinski definition) is 4. The summed E-state index contributed by atoms with van der Waals surface area (Å²) in [6.07, 6.45) is 2.93. The van der Waals surface area contributed by atoms with Gasteiger partial charge in [0.25, 0.3) is 0 Å². The van der Waals surface area contributed by atoms with Gasteiger partial charge in [-0.3, -0.25) is 4.79 Å². The van der Waals surface area contributed by atoms with Crippen LogP contribution in [0, 0.1) is 6.92 Å². The van der Waals surface area contributed by atoms with Crippen molar-refractivity contribution in [2.24, 2.45) is 0 Å². The van der Waals surface area contributed by atoms with E-state index in [1.165, 1.54) is 6.20 Å². The smallest absolute Gasteiger partial charge is 0.338 e. The average Bonchev–Trinajstić information content (AvgIpc) is 2.42. The Hall–Kier alpha value is -2.43. The van der Waals surface area contributed by atoms with E-state index in [-0.39, 0.29) is 11.4 Å². The minimum absolute atomic E-state index is 0.0978. The Kier molecular flexibility index (Phi) is 3.75. The lowest BCUT2D eigenvalue weighted by Crippen LogP contribution is -2.11. The van der Waals surface area contributed by atoms with Crippen molar-refractivity contribution in [2.75, 3.05) is 6.61 Å². The van der Waals surface area contributed by atoms with Crippen molar-refractivity contribution in [1.82, 2.24) is 9.78 Å². The van der Waals surface area contributed by atoms with Gasteiger partial charge in [0.15, 0.2) is 0 Å². The van der Waals surface area contributed by atoms with Gasteiger partial charge in [-0.1, -0.05) is 0 Å². The first kappa shape index (κ1) is 13.0. The molecule has 0 spiro atoms. The van der Waals surface area contributed by atoms with Crippen molar-refractivity contribution >= 4 is 5.97 Å². The fraction of sp³-hybridized carbons (Fsp3) is 0.214. The summed E-state index contributed by atoms with van der Waals surface area (Å²) in [5, 5.41) is 4.01. The molecule has 1 aromatic heterocycles. The molecule has 0 bridgehead atoms. The lowest BCUT2D eigenvalue weighted by Gasteiger charge is -2.06. The summed E-state index contributed by atoms with van der Waals surface area (Å²) >= 11 is 0. The Bertz CT molecular complexity index is 644. The maximum atomic E-state index is 11.5. The summed E-state index contributed by atoms with van der Waals surface area (Å²) in [4.78, 5) is 22.8. The Morgan fingerprint density at radius 2 is 2.00 bits per heavy atom. The molecule has 0 radical (unpaired) electrons. The van der Waals surface area contributed by atoms with Gasteiger partial charge >= 0.3 is 5.97 Å². The maximum Gasteiger partial charge on any atom is 0.338 e. The molecule has 98 valence electrons. The lowest BCUT2D eigenvalue weighted by molar-refractivity contribution is 0.0526. The standard InChI is InChI=1S/C14H14N2O3/c1-3-19-14(18)11-4-6-12(7-5-11)16-9-10(2)13(17)8-15-16/h4-9H,3H2,1-2H3. The van der Waals surface area contributed by atoms with Crippen LogP contribution in [0.25, 0.3) is 5.69 Å². The molecule has 19 heavy (non-hydrogen) atoms. The average molecular weight is 258 g/mol. The summed E-state index contributed by atoms with van der Waals surface area (Å²) < 4.78 is 6.49. The molecule has 2 rings (SSSR count). The van der Waals surface area contributed by atoms with Crippen LogP contribution >= 0.6 is 0 Å². The quantitative estimate of drug-likeness (QED) is 0.786. The van der Waals surface area contributed by atoms with Crippen LogP contribution in [-0.4, -0.2) is 22.4 Å². The Morgan fingerprint density at radius 3 is 2.58 bits per heavy atom. The van der Waals surface area contributed by atoms with E-state index in [2.05, 4.69) is 5.10 Å². The molecule has 2 aromatic rings. The molecule has 1 heterocycles. The van der Waals surface area contributed by atoms with Crippen molar-refractivity contribution in [1.29, 1.82) is 0 Å². The Morgan fingerprint density at radius 1 is 1.32 bits per heavy atom. The number of esters is 1. The molecule has 0 saturated carbocycles. The summed E-state index contributed by atoms with van der Waals surface area (Å²) in [5.41, 5.74) is 1.78. The van der Waals surface area contributed by atoms with Crippen LogP contribution in [0.2, 0.25) is 0 Å². The van der Waals surface area contributed by atoms with Gasteiger partial charge in [0.1, 0.15) is 0 Å². The van der Waals surface area contributed by atoms with Gasteiger partial charge in [-0.25, -0.2) is 9.48 Å². The minimum atomic E-state index is -0.349. The molecule has 0 amide bonds. The van der Waals surface area contributed by atoms with Crippen LogP contribution < -0.4 is 5.43 Å². The van der Waals surface area contributed by atoms with Crippen molar-refractivity contribution in [3.8, 4) is 5.69 Å². The van der Waals surface area contributed by atoms with Crippen LogP contribution in [0.5, 0.6) is 0 Å². The molecule has 1 aromatic carbocycles. The highest BCUT2D eigenvalue weighted by Gasteiger charge is 2.06. The predicted octanol–water partition coefficient (Wildman–Crippen LogP) is 1.72. The van der Waals surface area contributed by atoms with Gasteiger partial charge in [-0.2, -0.15) is 5.10 Å². The van der Waals surface area contributed by atoms with E-state index in [4.69, 9.17) is 4.74 Å². The summed E-state index contributed by atoms with van der Waals surface area (Å²) in [6, 6.07) is 6.84. The van der Waals surface area contributed by atoms with Gasteiger partial charge in [0.05, 0.1) is 24.1 Å². The Balaban J connectivity index is 2.29. The summed E-state index contributed by atoms with van der Waals surface area (Å²) in [5.74, 6) is -0.349. The third-order valence-electron chi connectivity index (χ3n) is 2.65. The molecule has 5 nitrogen and oxygen atoms in total. The molecule has 0 unspecified atom stereocenters. The second kappa shape index (κ2) is 5.48. The van der Waals surface area contributed by atoms with E-state index in [1.807, 2.05) is 0 Å². The molecule has 0 atom stereocenters. The van der Waals surface area contributed by atoms with E-state index in [9.17, 15) is 9.59 Å². The van der Waals surface area contributed by atoms with Gasteiger partial charge < -0.3 is 4.74 Å². The van der Waals surface area contributed by atoms with E-state index in [1.54, 1.807) is 49.0 Å². The largest absolute Gasteiger partial charge is 0.462 e. The summed E-state index contributed by atoms with van der Waals surface area (Å²) in [6.45, 7) is 3.84. The zero-order valence-corrected chi connectivity index (χ0v) is 10.8. The van der Waals surface area contributed by atoms with Crippen LogP contribution in [-0.2, 0) is 4.74 Å². The second-order valence-corrected chi connectivity index (χ2v) is 4.03. The van der Waals surface area contributed by atoms with Gasteiger partial charge in [-0.15, -0.1) is 0 Å².